The van der Waals surface area contributed by atoms with E-state index in [-0.39, 0.29) is 5.41 Å². The van der Waals surface area contributed by atoms with Crippen molar-refractivity contribution in [2.45, 2.75) is 59.3 Å². The van der Waals surface area contributed by atoms with E-state index < -0.39 is 0 Å². The van der Waals surface area contributed by atoms with Crippen LogP contribution in [0.15, 0.2) is 0 Å². The van der Waals surface area contributed by atoms with Gasteiger partial charge < -0.3 is 10.6 Å². The monoisotopic (exact) mass is 266 g/mol. The second-order valence-electron chi connectivity index (χ2n) is 6.98. The first-order chi connectivity index (χ1) is 9.05. The molecule has 3 nitrogen and oxygen atoms in total. The molecule has 0 bridgehead atoms. The molecule has 2 fully saturated rings. The summed E-state index contributed by atoms with van der Waals surface area (Å²) in [5.74, 6) is 1.01. The van der Waals surface area contributed by atoms with Gasteiger partial charge in [-0.3, -0.25) is 4.79 Å². The van der Waals surface area contributed by atoms with E-state index in [0.29, 0.717) is 17.2 Å². The molecule has 0 radical (unpaired) electrons. The van der Waals surface area contributed by atoms with E-state index in [1.807, 2.05) is 0 Å². The Balaban J connectivity index is 1.92. The van der Waals surface area contributed by atoms with Crippen LogP contribution in [-0.2, 0) is 4.79 Å². The van der Waals surface area contributed by atoms with Gasteiger partial charge in [0.2, 0.25) is 5.91 Å². The van der Waals surface area contributed by atoms with Crippen LogP contribution in [-0.4, -0.2) is 25.5 Å². The maximum absolute atomic E-state index is 12.7. The van der Waals surface area contributed by atoms with Crippen molar-refractivity contribution < 1.29 is 4.79 Å². The molecular weight excluding hydrogens is 236 g/mol. The van der Waals surface area contributed by atoms with Crippen molar-refractivity contribution in [1.82, 2.24) is 10.6 Å². The molecular formula is C16H30N2O. The lowest BCUT2D eigenvalue weighted by atomic mass is 9.74. The average Bonchev–Trinajstić information content (AvgIpc) is 3.18. The molecule has 0 aromatic carbocycles. The first-order valence-electron chi connectivity index (χ1n) is 8.04. The third kappa shape index (κ3) is 3.13. The van der Waals surface area contributed by atoms with Gasteiger partial charge in [0.25, 0.3) is 0 Å². The topological polar surface area (TPSA) is 41.1 Å². The summed E-state index contributed by atoms with van der Waals surface area (Å²) in [6, 6.07) is 0. The van der Waals surface area contributed by atoms with Crippen LogP contribution in [0.5, 0.6) is 0 Å². The summed E-state index contributed by atoms with van der Waals surface area (Å²) in [6.45, 7) is 9.62. The number of carbonyl (C=O) groups excluding carboxylic acids is 1. The fraction of sp³-hybridized carbons (Fsp3) is 0.938. The molecule has 3 heteroatoms. The Morgan fingerprint density at radius 2 is 1.84 bits per heavy atom. The molecule has 1 amide bonds. The van der Waals surface area contributed by atoms with E-state index in [4.69, 9.17) is 0 Å². The molecule has 1 aliphatic heterocycles. The minimum absolute atomic E-state index is 0.0902. The Kier molecular flexibility index (Phi) is 4.54. The molecule has 1 aliphatic carbocycles. The number of hydrogen-bond donors (Lipinski definition) is 2. The van der Waals surface area contributed by atoms with Crippen LogP contribution < -0.4 is 10.6 Å². The number of amides is 1. The average molecular weight is 266 g/mol. The van der Waals surface area contributed by atoms with Gasteiger partial charge in [-0.05, 0) is 56.5 Å². The summed E-state index contributed by atoms with van der Waals surface area (Å²) >= 11 is 0. The van der Waals surface area contributed by atoms with Gasteiger partial charge in [-0.1, -0.05) is 27.2 Å². The predicted octanol–water partition coefficient (Wildman–Crippen LogP) is 2.71. The highest BCUT2D eigenvalue weighted by atomic mass is 16.2. The highest BCUT2D eigenvalue weighted by molar-refractivity contribution is 5.82. The zero-order valence-electron chi connectivity index (χ0n) is 12.8. The Bertz CT molecular complexity index is 309. The lowest BCUT2D eigenvalue weighted by Gasteiger charge is -2.37. The number of rotatable bonds is 6. The summed E-state index contributed by atoms with van der Waals surface area (Å²) in [5, 5.41) is 6.67. The normalized spacial score (nSPS) is 24.2. The summed E-state index contributed by atoms with van der Waals surface area (Å²) in [4.78, 5) is 12.7. The van der Waals surface area contributed by atoms with Gasteiger partial charge in [-0.15, -0.1) is 0 Å². The Morgan fingerprint density at radius 3 is 2.32 bits per heavy atom. The fourth-order valence-electron chi connectivity index (χ4n) is 3.54. The highest BCUT2D eigenvalue weighted by Gasteiger charge is 2.46. The summed E-state index contributed by atoms with van der Waals surface area (Å²) in [5.41, 5.74) is 0.322. The van der Waals surface area contributed by atoms with Gasteiger partial charge in [-0.25, -0.2) is 0 Å². The van der Waals surface area contributed by atoms with Gasteiger partial charge in [0, 0.05) is 6.54 Å². The molecule has 0 atom stereocenters. The number of hydrogen-bond acceptors (Lipinski definition) is 2. The molecule has 19 heavy (non-hydrogen) atoms. The molecule has 110 valence electrons. The summed E-state index contributed by atoms with van der Waals surface area (Å²) < 4.78 is 0. The van der Waals surface area contributed by atoms with E-state index in [1.165, 1.54) is 12.8 Å². The summed E-state index contributed by atoms with van der Waals surface area (Å²) in [6.07, 6.45) is 6.71. The predicted molar refractivity (Wildman–Crippen MR) is 79.0 cm³/mol. The molecule has 0 aromatic rings. The zero-order chi connectivity index (χ0) is 13.9. The number of carbonyl (C=O) groups is 1. The molecule has 1 saturated heterocycles. The van der Waals surface area contributed by atoms with Crippen molar-refractivity contribution in [1.29, 1.82) is 0 Å². The molecule has 2 N–H and O–H groups in total. The smallest absolute Gasteiger partial charge is 0.226 e. The maximum atomic E-state index is 12.7. The van der Waals surface area contributed by atoms with Gasteiger partial charge in [0.05, 0.1) is 5.41 Å². The highest BCUT2D eigenvalue weighted by Crippen LogP contribution is 2.51. The quantitative estimate of drug-likeness (QED) is 0.776. The first-order valence-corrected chi connectivity index (χ1v) is 8.04. The molecule has 0 unspecified atom stereocenters. The second kappa shape index (κ2) is 5.82. The fourth-order valence-corrected chi connectivity index (χ4v) is 3.54. The Hall–Kier alpha value is -0.570. The van der Waals surface area contributed by atoms with Crippen molar-refractivity contribution in [3.63, 3.8) is 0 Å². The minimum Gasteiger partial charge on any atom is -0.355 e. The van der Waals surface area contributed by atoms with E-state index in [0.717, 1.165) is 45.3 Å². The molecule has 1 saturated carbocycles. The van der Waals surface area contributed by atoms with Crippen molar-refractivity contribution >= 4 is 5.91 Å². The molecule has 2 aliphatic rings. The lowest BCUT2D eigenvalue weighted by molar-refractivity contribution is -0.133. The van der Waals surface area contributed by atoms with Crippen molar-refractivity contribution in [3.05, 3.63) is 0 Å². The molecule has 1 heterocycles. The largest absolute Gasteiger partial charge is 0.355 e. The SMILES string of the molecule is CCCC1(C(=O)NCC2(C(C)C)CC2)CCNCC1. The van der Waals surface area contributed by atoms with Crippen LogP contribution in [0, 0.1) is 16.7 Å². The molecule has 0 aromatic heterocycles. The van der Waals surface area contributed by atoms with E-state index in [9.17, 15) is 4.79 Å². The van der Waals surface area contributed by atoms with Crippen LogP contribution in [0.2, 0.25) is 0 Å². The third-order valence-electron chi connectivity index (χ3n) is 5.49. The van der Waals surface area contributed by atoms with Crippen molar-refractivity contribution in [2.24, 2.45) is 16.7 Å². The standard InChI is InChI=1S/C16H30N2O/c1-4-5-15(8-10-17-11-9-15)14(19)18-12-16(6-7-16)13(2)3/h13,17H,4-12H2,1-3H3,(H,18,19). The lowest BCUT2D eigenvalue weighted by Crippen LogP contribution is -2.49. The van der Waals surface area contributed by atoms with Crippen LogP contribution in [0.1, 0.15) is 59.3 Å². The third-order valence-corrected chi connectivity index (χ3v) is 5.49. The molecule has 2 rings (SSSR count). The van der Waals surface area contributed by atoms with Gasteiger partial charge in [0.1, 0.15) is 0 Å². The van der Waals surface area contributed by atoms with Crippen molar-refractivity contribution in [2.75, 3.05) is 19.6 Å². The van der Waals surface area contributed by atoms with Crippen LogP contribution in [0.3, 0.4) is 0 Å². The van der Waals surface area contributed by atoms with E-state index in [1.54, 1.807) is 0 Å². The van der Waals surface area contributed by atoms with Crippen LogP contribution in [0.25, 0.3) is 0 Å². The van der Waals surface area contributed by atoms with Crippen LogP contribution in [0.4, 0.5) is 0 Å². The second-order valence-corrected chi connectivity index (χ2v) is 6.98. The first kappa shape index (κ1) is 14.8. The minimum atomic E-state index is -0.0902. The van der Waals surface area contributed by atoms with E-state index in [2.05, 4.69) is 31.4 Å². The van der Waals surface area contributed by atoms with Gasteiger partial charge in [-0.2, -0.15) is 0 Å². The Labute approximate surface area is 117 Å². The van der Waals surface area contributed by atoms with Crippen LogP contribution >= 0.6 is 0 Å². The Morgan fingerprint density at radius 1 is 1.21 bits per heavy atom. The number of nitrogens with one attached hydrogen (secondary N) is 2. The maximum Gasteiger partial charge on any atom is 0.226 e. The van der Waals surface area contributed by atoms with Gasteiger partial charge >= 0.3 is 0 Å². The number of piperidine rings is 1. The molecule has 0 spiro atoms. The summed E-state index contributed by atoms with van der Waals surface area (Å²) in [7, 11) is 0. The zero-order valence-corrected chi connectivity index (χ0v) is 12.8. The van der Waals surface area contributed by atoms with Crippen molar-refractivity contribution in [3.8, 4) is 0 Å². The van der Waals surface area contributed by atoms with Gasteiger partial charge in [0.15, 0.2) is 0 Å². The van der Waals surface area contributed by atoms with E-state index >= 15 is 0 Å².